The molecule has 3 N–H and O–H groups in total. The molecule has 0 radical (unpaired) electrons. The molecule has 0 aliphatic heterocycles. The van der Waals surface area contributed by atoms with Gasteiger partial charge in [0.15, 0.2) is 5.69 Å². The number of carbonyl (C=O) groups excluding carboxylic acids is 2. The zero-order chi connectivity index (χ0) is 25.7. The fourth-order valence-corrected chi connectivity index (χ4v) is 4.91. The number of fused-ring (bicyclic) bond motifs is 1. The third kappa shape index (κ3) is 4.36. The minimum absolute atomic E-state index is 0.0653. The van der Waals surface area contributed by atoms with E-state index >= 15 is 0 Å². The average Bonchev–Trinajstić information content (AvgIpc) is 3.47. The van der Waals surface area contributed by atoms with E-state index < -0.39 is 23.7 Å². The number of amides is 2. The summed E-state index contributed by atoms with van der Waals surface area (Å²) in [5.41, 5.74) is 5.29. The molecule has 0 bridgehead atoms. The van der Waals surface area contributed by atoms with Gasteiger partial charge in [-0.15, -0.1) is 11.3 Å². The van der Waals surface area contributed by atoms with E-state index in [1.807, 2.05) is 6.92 Å². The van der Waals surface area contributed by atoms with E-state index in [4.69, 9.17) is 17.3 Å². The van der Waals surface area contributed by atoms with Crippen LogP contribution in [0, 0.1) is 6.92 Å². The van der Waals surface area contributed by atoms with E-state index in [0.29, 0.717) is 35.7 Å². The van der Waals surface area contributed by atoms with Crippen molar-refractivity contribution >= 4 is 50.7 Å². The summed E-state index contributed by atoms with van der Waals surface area (Å²) in [5, 5.41) is 11.1. The number of nitrogens with zero attached hydrogens (tertiary/aromatic N) is 5. The number of rotatable bonds is 6. The van der Waals surface area contributed by atoms with Crippen molar-refractivity contribution in [2.45, 2.75) is 40.0 Å². The van der Waals surface area contributed by atoms with Crippen molar-refractivity contribution in [3.8, 4) is 11.1 Å². The third-order valence-corrected chi connectivity index (χ3v) is 6.74. The van der Waals surface area contributed by atoms with Crippen LogP contribution in [-0.2, 0) is 19.3 Å². The van der Waals surface area contributed by atoms with Crippen LogP contribution in [0.4, 0.5) is 18.9 Å². The summed E-state index contributed by atoms with van der Waals surface area (Å²) < 4.78 is 44.2. The van der Waals surface area contributed by atoms with Crippen LogP contribution in [0.1, 0.15) is 45.4 Å². The van der Waals surface area contributed by atoms with Gasteiger partial charge in [-0.1, -0.05) is 11.6 Å². The van der Waals surface area contributed by atoms with E-state index in [0.717, 1.165) is 6.07 Å². The molecule has 0 unspecified atom stereocenters. The van der Waals surface area contributed by atoms with Gasteiger partial charge in [-0.25, -0.2) is 4.98 Å². The second-order valence-corrected chi connectivity index (χ2v) is 8.90. The molecule has 2 amide bonds. The number of hydrogen-bond donors (Lipinski definition) is 2. The number of alkyl halides is 3. The van der Waals surface area contributed by atoms with Crippen molar-refractivity contribution in [3.63, 3.8) is 0 Å². The standard InChI is InChI=1S/C21H19ClF3N7O2S/c1-4-31-8-12(22)15(30-31)19(34)29-16-14-10(11-7-27-32(5-2)9(11)3)6-13(21(23,24)25)28-20(14)35-17(16)18(26)33/h6-8H,4-5H2,1-3H3,(H2,26,33)(H,29,34). The summed E-state index contributed by atoms with van der Waals surface area (Å²) in [6, 6.07) is 0.873. The minimum Gasteiger partial charge on any atom is -0.365 e. The molecule has 0 saturated carbocycles. The molecule has 35 heavy (non-hydrogen) atoms. The topological polar surface area (TPSA) is 121 Å². The van der Waals surface area contributed by atoms with Gasteiger partial charge in [-0.05, 0) is 32.4 Å². The monoisotopic (exact) mass is 525 g/mol. The van der Waals surface area contributed by atoms with Gasteiger partial charge in [-0.3, -0.25) is 19.0 Å². The SMILES string of the molecule is CCn1cc(Cl)c(C(=O)Nc2c(C(N)=O)sc3nc(C(F)(F)F)cc(-c4cnn(CC)c4C)c23)n1. The number of primary amides is 1. The number of hydrogen-bond acceptors (Lipinski definition) is 6. The number of halogens is 4. The third-order valence-electron chi connectivity index (χ3n) is 5.36. The van der Waals surface area contributed by atoms with Gasteiger partial charge in [0.2, 0.25) is 0 Å². The van der Waals surface area contributed by atoms with Crippen LogP contribution in [-0.4, -0.2) is 36.4 Å². The second-order valence-electron chi connectivity index (χ2n) is 7.50. The fourth-order valence-electron chi connectivity index (χ4n) is 3.66. The molecule has 0 aliphatic carbocycles. The number of nitrogens with two attached hydrogens (primary N) is 1. The molecule has 4 heterocycles. The molecule has 0 fully saturated rings. The minimum atomic E-state index is -4.75. The normalized spacial score (nSPS) is 11.9. The number of aryl methyl sites for hydroxylation is 2. The number of carbonyl (C=O) groups is 2. The van der Waals surface area contributed by atoms with Crippen LogP contribution in [0.25, 0.3) is 21.3 Å². The van der Waals surface area contributed by atoms with Crippen LogP contribution in [0.2, 0.25) is 5.02 Å². The van der Waals surface area contributed by atoms with Gasteiger partial charge >= 0.3 is 6.18 Å². The number of pyridine rings is 1. The predicted molar refractivity (Wildman–Crippen MR) is 126 cm³/mol. The zero-order valence-electron chi connectivity index (χ0n) is 18.7. The summed E-state index contributed by atoms with van der Waals surface area (Å²) in [6.45, 7) is 6.30. The van der Waals surface area contributed by atoms with Crippen molar-refractivity contribution < 1.29 is 22.8 Å². The second kappa shape index (κ2) is 8.96. The molecular formula is C21H19ClF3N7O2S. The van der Waals surface area contributed by atoms with Crippen molar-refractivity contribution in [2.24, 2.45) is 5.73 Å². The Labute approximate surface area is 205 Å². The number of anilines is 1. The molecule has 4 aromatic heterocycles. The lowest BCUT2D eigenvalue weighted by atomic mass is 10.0. The fraction of sp³-hybridized carbons (Fsp3) is 0.286. The van der Waals surface area contributed by atoms with Crippen LogP contribution in [0.15, 0.2) is 18.5 Å². The number of aromatic nitrogens is 5. The molecule has 0 atom stereocenters. The highest BCUT2D eigenvalue weighted by atomic mass is 35.5. The smallest absolute Gasteiger partial charge is 0.365 e. The number of nitrogens with one attached hydrogen (secondary N) is 1. The molecule has 0 aliphatic rings. The predicted octanol–water partition coefficient (Wildman–Crippen LogP) is 4.73. The first-order valence-corrected chi connectivity index (χ1v) is 11.6. The maximum Gasteiger partial charge on any atom is 0.433 e. The molecule has 184 valence electrons. The van der Waals surface area contributed by atoms with Crippen LogP contribution in [0.3, 0.4) is 0 Å². The Morgan fingerprint density at radius 2 is 1.94 bits per heavy atom. The molecular weight excluding hydrogens is 507 g/mol. The highest BCUT2D eigenvalue weighted by Gasteiger charge is 2.35. The Morgan fingerprint density at radius 1 is 1.23 bits per heavy atom. The first-order chi connectivity index (χ1) is 16.5. The van der Waals surface area contributed by atoms with Crippen LogP contribution >= 0.6 is 22.9 Å². The quantitative estimate of drug-likeness (QED) is 0.377. The van der Waals surface area contributed by atoms with E-state index in [9.17, 15) is 22.8 Å². The van der Waals surface area contributed by atoms with E-state index in [2.05, 4.69) is 20.5 Å². The van der Waals surface area contributed by atoms with Gasteiger partial charge in [0, 0.05) is 35.9 Å². The largest absolute Gasteiger partial charge is 0.433 e. The summed E-state index contributed by atoms with van der Waals surface area (Å²) in [6.07, 6.45) is -1.86. The summed E-state index contributed by atoms with van der Waals surface area (Å²) >= 11 is 6.79. The Balaban J connectivity index is 1.99. The zero-order valence-corrected chi connectivity index (χ0v) is 20.3. The highest BCUT2D eigenvalue weighted by molar-refractivity contribution is 7.21. The molecule has 9 nitrogen and oxygen atoms in total. The van der Waals surface area contributed by atoms with E-state index in [1.54, 1.807) is 18.5 Å². The average molecular weight is 526 g/mol. The first kappa shape index (κ1) is 24.7. The lowest BCUT2D eigenvalue weighted by molar-refractivity contribution is -0.140. The Morgan fingerprint density at radius 3 is 2.49 bits per heavy atom. The maximum absolute atomic E-state index is 13.7. The molecule has 14 heteroatoms. The van der Waals surface area contributed by atoms with Crippen LogP contribution < -0.4 is 11.1 Å². The summed E-state index contributed by atoms with van der Waals surface area (Å²) in [5.74, 6) is -1.69. The molecule has 0 spiro atoms. The lowest BCUT2D eigenvalue weighted by Crippen LogP contribution is -2.18. The molecule has 0 saturated heterocycles. The first-order valence-electron chi connectivity index (χ1n) is 10.4. The lowest BCUT2D eigenvalue weighted by Gasteiger charge is -2.12. The van der Waals surface area contributed by atoms with E-state index in [-0.39, 0.29) is 37.1 Å². The highest BCUT2D eigenvalue weighted by Crippen LogP contribution is 2.44. The van der Waals surface area contributed by atoms with Gasteiger partial charge in [0.25, 0.3) is 11.8 Å². The maximum atomic E-state index is 13.7. The molecule has 4 rings (SSSR count). The van der Waals surface area contributed by atoms with E-state index in [1.165, 1.54) is 17.1 Å². The number of thiophene rings is 1. The molecule has 0 aromatic carbocycles. The Hall–Kier alpha value is -3.45. The van der Waals surface area contributed by atoms with Gasteiger partial charge < -0.3 is 11.1 Å². The Kier molecular flexibility index (Phi) is 6.32. The van der Waals surface area contributed by atoms with Gasteiger partial charge in [-0.2, -0.15) is 23.4 Å². The van der Waals surface area contributed by atoms with Crippen molar-refractivity contribution in [1.29, 1.82) is 0 Å². The summed E-state index contributed by atoms with van der Waals surface area (Å²) in [4.78, 5) is 28.7. The van der Waals surface area contributed by atoms with Gasteiger partial charge in [0.05, 0.1) is 16.9 Å². The van der Waals surface area contributed by atoms with Crippen molar-refractivity contribution in [2.75, 3.05) is 5.32 Å². The molecule has 4 aromatic rings. The Bertz CT molecular complexity index is 1470. The van der Waals surface area contributed by atoms with Crippen molar-refractivity contribution in [3.05, 3.63) is 45.4 Å². The summed E-state index contributed by atoms with van der Waals surface area (Å²) in [7, 11) is 0. The van der Waals surface area contributed by atoms with Crippen LogP contribution in [0.5, 0.6) is 0 Å². The van der Waals surface area contributed by atoms with Gasteiger partial charge in [0.1, 0.15) is 15.4 Å². The van der Waals surface area contributed by atoms with Crippen molar-refractivity contribution in [1.82, 2.24) is 24.5 Å².